The van der Waals surface area contributed by atoms with E-state index in [1.807, 2.05) is 70.9 Å². The summed E-state index contributed by atoms with van der Waals surface area (Å²) < 4.78 is 6.94. The minimum Gasteiger partial charge on any atom is -0.467 e. The van der Waals surface area contributed by atoms with Crippen LogP contribution in [0.2, 0.25) is 0 Å². The summed E-state index contributed by atoms with van der Waals surface area (Å²) in [7, 11) is 1.53. The molecule has 4 aromatic heterocycles. The van der Waals surface area contributed by atoms with Crippen LogP contribution >= 0.6 is 11.3 Å². The monoisotopic (exact) mass is 505 g/mol. The number of rotatable bonds is 6. The van der Waals surface area contributed by atoms with E-state index < -0.39 is 0 Å². The molecule has 8 heteroatoms. The number of fused-ring (bicyclic) bond motifs is 2. The van der Waals surface area contributed by atoms with Gasteiger partial charge in [0.25, 0.3) is 5.56 Å². The lowest BCUT2D eigenvalue weighted by molar-refractivity contribution is 0.380. The number of ether oxygens (including phenoxy) is 1. The first kappa shape index (κ1) is 23.0. The SMILES string of the molecule is COc1ncc(-c2cccc3cc([C@H](C)Cc4ccnc5scnc45)n(-c4ccccc4)c(=O)c23)cn1. The second-order valence-electron chi connectivity index (χ2n) is 8.85. The minimum atomic E-state index is -0.0782. The molecule has 7 nitrogen and oxygen atoms in total. The predicted molar refractivity (Wildman–Crippen MR) is 147 cm³/mol. The molecule has 0 fully saturated rings. The largest absolute Gasteiger partial charge is 0.467 e. The standard InChI is InChI=1S/C29H23N5O2S/c1-18(13-20-11-12-30-27-26(20)33-17-37-27)24-14-19-7-6-10-23(21-15-31-29(36-2)32-16-21)25(19)28(35)34(24)22-8-4-3-5-9-22/h3-12,14-18H,13H2,1-2H3/t18-/m1/s1. The Morgan fingerprint density at radius 3 is 2.57 bits per heavy atom. The number of hydrogen-bond donors (Lipinski definition) is 0. The molecule has 0 spiro atoms. The highest BCUT2D eigenvalue weighted by atomic mass is 32.1. The summed E-state index contributed by atoms with van der Waals surface area (Å²) in [5, 5.41) is 1.50. The van der Waals surface area contributed by atoms with Crippen molar-refractivity contribution in [1.82, 2.24) is 24.5 Å². The van der Waals surface area contributed by atoms with E-state index in [0.717, 1.165) is 50.2 Å². The van der Waals surface area contributed by atoms with Crippen LogP contribution in [0.4, 0.5) is 0 Å². The fourth-order valence-electron chi connectivity index (χ4n) is 4.81. The molecule has 0 bridgehead atoms. The number of benzene rings is 2. The smallest absolute Gasteiger partial charge is 0.316 e. The number of para-hydroxylation sites is 1. The molecule has 0 aliphatic carbocycles. The third kappa shape index (κ3) is 4.15. The molecule has 0 saturated carbocycles. The third-order valence-corrected chi connectivity index (χ3v) is 7.30. The quantitative estimate of drug-likeness (QED) is 0.284. The second kappa shape index (κ2) is 9.55. The van der Waals surface area contributed by atoms with Gasteiger partial charge < -0.3 is 4.74 Å². The maximum absolute atomic E-state index is 14.3. The van der Waals surface area contributed by atoms with Gasteiger partial charge in [0.1, 0.15) is 10.3 Å². The lowest BCUT2D eigenvalue weighted by Gasteiger charge is -2.21. The zero-order valence-corrected chi connectivity index (χ0v) is 21.1. The van der Waals surface area contributed by atoms with Crippen LogP contribution in [-0.4, -0.2) is 31.6 Å². The molecule has 1 atom stereocenters. The Labute approximate surface area is 217 Å². The first-order valence-corrected chi connectivity index (χ1v) is 12.8. The number of nitrogens with zero attached hydrogens (tertiary/aromatic N) is 5. The molecule has 0 aliphatic rings. The van der Waals surface area contributed by atoms with Gasteiger partial charge in [-0.15, -0.1) is 11.3 Å². The van der Waals surface area contributed by atoms with Gasteiger partial charge in [0.05, 0.1) is 18.0 Å². The molecule has 0 N–H and O–H groups in total. The minimum absolute atomic E-state index is 0.0394. The van der Waals surface area contributed by atoms with Gasteiger partial charge in [0, 0.05) is 41.5 Å². The van der Waals surface area contributed by atoms with Crippen LogP contribution < -0.4 is 10.3 Å². The number of aromatic nitrogens is 5. The van der Waals surface area contributed by atoms with E-state index in [-0.39, 0.29) is 17.5 Å². The van der Waals surface area contributed by atoms with Gasteiger partial charge in [-0.25, -0.2) is 19.9 Å². The zero-order valence-electron chi connectivity index (χ0n) is 20.3. The molecule has 182 valence electrons. The lowest BCUT2D eigenvalue weighted by Crippen LogP contribution is -2.24. The van der Waals surface area contributed by atoms with Crippen LogP contribution in [0.1, 0.15) is 24.1 Å². The van der Waals surface area contributed by atoms with Crippen molar-refractivity contribution in [3.8, 4) is 22.8 Å². The molecule has 0 saturated heterocycles. The molecule has 0 unspecified atom stereocenters. The van der Waals surface area contributed by atoms with Gasteiger partial charge >= 0.3 is 6.01 Å². The maximum atomic E-state index is 14.3. The van der Waals surface area contributed by atoms with Crippen molar-refractivity contribution < 1.29 is 4.74 Å². The number of pyridine rings is 2. The second-order valence-corrected chi connectivity index (χ2v) is 9.69. The maximum Gasteiger partial charge on any atom is 0.316 e. The Bertz CT molecular complexity index is 1780. The fourth-order valence-corrected chi connectivity index (χ4v) is 5.49. The van der Waals surface area contributed by atoms with Crippen LogP contribution in [0, 0.1) is 0 Å². The van der Waals surface area contributed by atoms with Crippen molar-refractivity contribution in [1.29, 1.82) is 0 Å². The van der Waals surface area contributed by atoms with Crippen molar-refractivity contribution in [2.45, 2.75) is 19.3 Å². The highest BCUT2D eigenvalue weighted by molar-refractivity contribution is 7.16. The fraction of sp³-hybridized carbons (Fsp3) is 0.138. The van der Waals surface area contributed by atoms with Gasteiger partial charge in [-0.05, 0) is 47.2 Å². The average Bonchev–Trinajstić information content (AvgIpc) is 3.43. The Morgan fingerprint density at radius 1 is 0.973 bits per heavy atom. The Balaban J connectivity index is 1.55. The molecule has 6 rings (SSSR count). The molecule has 2 aromatic carbocycles. The number of methoxy groups -OCH3 is 1. The average molecular weight is 506 g/mol. The predicted octanol–water partition coefficient (Wildman–Crippen LogP) is 5.81. The van der Waals surface area contributed by atoms with Crippen LogP contribution in [0.25, 0.3) is 37.9 Å². The van der Waals surface area contributed by atoms with Crippen LogP contribution in [0.5, 0.6) is 6.01 Å². The van der Waals surface area contributed by atoms with Gasteiger partial charge in [0.2, 0.25) is 0 Å². The van der Waals surface area contributed by atoms with E-state index in [1.165, 1.54) is 18.4 Å². The highest BCUT2D eigenvalue weighted by Gasteiger charge is 2.20. The van der Waals surface area contributed by atoms with Crippen LogP contribution in [-0.2, 0) is 6.42 Å². The van der Waals surface area contributed by atoms with E-state index in [1.54, 1.807) is 12.4 Å². The summed E-state index contributed by atoms with van der Waals surface area (Å²) in [6, 6.07) is 20.1. The molecule has 0 amide bonds. The molecular weight excluding hydrogens is 482 g/mol. The van der Waals surface area contributed by atoms with Gasteiger partial charge in [-0.3, -0.25) is 9.36 Å². The molecule has 0 aliphatic heterocycles. The van der Waals surface area contributed by atoms with Gasteiger partial charge in [0.15, 0.2) is 0 Å². The van der Waals surface area contributed by atoms with Crippen molar-refractivity contribution in [3.05, 3.63) is 106 Å². The zero-order chi connectivity index (χ0) is 25.4. The van der Waals surface area contributed by atoms with Crippen molar-refractivity contribution >= 4 is 32.5 Å². The van der Waals surface area contributed by atoms with Crippen molar-refractivity contribution in [2.75, 3.05) is 7.11 Å². The third-order valence-electron chi connectivity index (χ3n) is 6.56. The van der Waals surface area contributed by atoms with E-state index in [0.29, 0.717) is 5.39 Å². The van der Waals surface area contributed by atoms with Crippen molar-refractivity contribution in [3.63, 3.8) is 0 Å². The number of hydrogen-bond acceptors (Lipinski definition) is 7. The Kier molecular flexibility index (Phi) is 5.94. The van der Waals surface area contributed by atoms with E-state index >= 15 is 0 Å². The van der Waals surface area contributed by atoms with Gasteiger partial charge in [-0.1, -0.05) is 43.3 Å². The lowest BCUT2D eigenvalue weighted by atomic mass is 9.94. The normalized spacial score (nSPS) is 12.2. The summed E-state index contributed by atoms with van der Waals surface area (Å²) in [6.45, 7) is 2.15. The molecule has 0 radical (unpaired) electrons. The van der Waals surface area contributed by atoms with E-state index in [9.17, 15) is 4.79 Å². The Hall–Kier alpha value is -4.43. The summed E-state index contributed by atoms with van der Waals surface area (Å²) in [6.07, 6.45) is 5.93. The summed E-state index contributed by atoms with van der Waals surface area (Å²) >= 11 is 1.53. The van der Waals surface area contributed by atoms with Crippen LogP contribution in [0.3, 0.4) is 0 Å². The van der Waals surface area contributed by atoms with Crippen LogP contribution in [0.15, 0.2) is 89.6 Å². The Morgan fingerprint density at radius 2 is 1.78 bits per heavy atom. The van der Waals surface area contributed by atoms with E-state index in [2.05, 4.69) is 32.9 Å². The molecule has 37 heavy (non-hydrogen) atoms. The summed E-state index contributed by atoms with van der Waals surface area (Å²) in [5.41, 5.74) is 7.10. The number of thiazole rings is 1. The van der Waals surface area contributed by atoms with E-state index in [4.69, 9.17) is 4.74 Å². The molecule has 4 heterocycles. The van der Waals surface area contributed by atoms with Gasteiger partial charge in [-0.2, -0.15) is 0 Å². The molecule has 6 aromatic rings. The van der Waals surface area contributed by atoms with Crippen molar-refractivity contribution in [2.24, 2.45) is 0 Å². The highest BCUT2D eigenvalue weighted by Crippen LogP contribution is 2.31. The first-order valence-electron chi connectivity index (χ1n) is 11.9. The molecular formula is C29H23N5O2S. The summed E-state index contributed by atoms with van der Waals surface area (Å²) in [5.74, 6) is 0.0394. The first-order chi connectivity index (χ1) is 18.1. The summed E-state index contributed by atoms with van der Waals surface area (Å²) in [4.78, 5) is 32.7. The topological polar surface area (TPSA) is 82.8 Å².